The van der Waals surface area contributed by atoms with Crippen molar-refractivity contribution in [1.82, 2.24) is 0 Å². The Bertz CT molecular complexity index is 584. The Labute approximate surface area is 134 Å². The topological polar surface area (TPSA) is 26.3 Å². The second kappa shape index (κ2) is 8.66. The molecular weight excluding hydrogens is 303 g/mol. The van der Waals surface area contributed by atoms with Gasteiger partial charge in [0.1, 0.15) is 5.82 Å². The van der Waals surface area contributed by atoms with E-state index < -0.39 is 0 Å². The van der Waals surface area contributed by atoms with E-state index >= 15 is 0 Å². The molecule has 2 nitrogen and oxygen atoms in total. The minimum atomic E-state index is -0.346. The first-order valence-electron chi connectivity index (χ1n) is 7.24. The van der Waals surface area contributed by atoms with Gasteiger partial charge in [-0.1, -0.05) is 42.5 Å². The van der Waals surface area contributed by atoms with Crippen molar-refractivity contribution < 1.29 is 13.9 Å². The number of hydrogen-bond acceptors (Lipinski definition) is 2. The molecule has 22 heavy (non-hydrogen) atoms. The lowest BCUT2D eigenvalue weighted by Gasteiger charge is -2.18. The van der Waals surface area contributed by atoms with Crippen molar-refractivity contribution in [2.75, 3.05) is 0 Å². The molecule has 0 fully saturated rings. The Morgan fingerprint density at radius 3 is 2.41 bits per heavy atom. The van der Waals surface area contributed by atoms with Gasteiger partial charge in [-0.25, -0.2) is 4.39 Å². The van der Waals surface area contributed by atoms with E-state index in [9.17, 15) is 9.18 Å². The lowest BCUT2D eigenvalue weighted by Crippen LogP contribution is -2.06. The van der Waals surface area contributed by atoms with Crippen molar-refractivity contribution in [2.45, 2.75) is 32.0 Å². The van der Waals surface area contributed by atoms with Crippen LogP contribution in [0.2, 0.25) is 0 Å². The van der Waals surface area contributed by atoms with E-state index in [1.54, 1.807) is 12.1 Å². The largest absolute Gasteiger partial charge is 0.369 e. The highest BCUT2D eigenvalue weighted by atomic mass is 35.5. The maximum absolute atomic E-state index is 13.1. The Balaban J connectivity index is 2.00. The van der Waals surface area contributed by atoms with Crippen LogP contribution in [0.15, 0.2) is 54.6 Å². The van der Waals surface area contributed by atoms with Crippen molar-refractivity contribution in [3.8, 4) is 0 Å². The number of halogens is 2. The van der Waals surface area contributed by atoms with E-state index in [4.69, 9.17) is 16.3 Å². The fourth-order valence-corrected chi connectivity index (χ4v) is 2.35. The van der Waals surface area contributed by atoms with Crippen molar-refractivity contribution in [3.05, 3.63) is 71.5 Å². The summed E-state index contributed by atoms with van der Waals surface area (Å²) in [6.07, 6.45) is 1.43. The molecule has 0 radical (unpaired) electrons. The van der Waals surface area contributed by atoms with Gasteiger partial charge in [0.2, 0.25) is 5.24 Å². The number of hydrogen-bond donors (Lipinski definition) is 0. The van der Waals surface area contributed by atoms with Crippen LogP contribution in [-0.2, 0) is 16.1 Å². The smallest absolute Gasteiger partial charge is 0.221 e. The standard InChI is InChI=1S/C18H18ClFO2/c19-18(21)8-4-7-17(15-9-11-16(20)12-10-15)22-13-14-5-2-1-3-6-14/h1-3,5-6,9-12,17H,4,7-8,13H2/t17-/m0/s1. The fourth-order valence-electron chi connectivity index (χ4n) is 2.22. The molecule has 0 amide bonds. The number of carbonyl (C=O) groups excluding carboxylic acids is 1. The molecule has 0 saturated carbocycles. The fraction of sp³-hybridized carbons (Fsp3) is 0.278. The summed E-state index contributed by atoms with van der Waals surface area (Å²) in [4.78, 5) is 10.9. The first kappa shape index (κ1) is 16.7. The Hall–Kier alpha value is -1.71. The van der Waals surface area contributed by atoms with Crippen LogP contribution >= 0.6 is 11.6 Å². The molecule has 1 atom stereocenters. The molecule has 2 aromatic rings. The second-order valence-corrected chi connectivity index (χ2v) is 5.51. The summed E-state index contributed by atoms with van der Waals surface area (Å²) in [7, 11) is 0. The zero-order valence-corrected chi connectivity index (χ0v) is 12.9. The van der Waals surface area contributed by atoms with E-state index in [2.05, 4.69) is 0 Å². The van der Waals surface area contributed by atoms with Crippen LogP contribution < -0.4 is 0 Å². The molecule has 0 N–H and O–H groups in total. The van der Waals surface area contributed by atoms with Crippen LogP contribution in [0.25, 0.3) is 0 Å². The monoisotopic (exact) mass is 320 g/mol. The highest BCUT2D eigenvalue weighted by Gasteiger charge is 2.13. The summed E-state index contributed by atoms with van der Waals surface area (Å²) in [5, 5.41) is -0.346. The first-order chi connectivity index (χ1) is 10.6. The van der Waals surface area contributed by atoms with Crippen LogP contribution in [0.4, 0.5) is 4.39 Å². The van der Waals surface area contributed by atoms with Gasteiger partial charge in [0.25, 0.3) is 0 Å². The SMILES string of the molecule is O=C(Cl)CCC[C@H](OCc1ccccc1)c1ccc(F)cc1. The van der Waals surface area contributed by atoms with Crippen molar-refractivity contribution in [2.24, 2.45) is 0 Å². The van der Waals surface area contributed by atoms with Gasteiger partial charge in [-0.15, -0.1) is 0 Å². The predicted molar refractivity (Wildman–Crippen MR) is 85.1 cm³/mol. The van der Waals surface area contributed by atoms with Crippen molar-refractivity contribution in [3.63, 3.8) is 0 Å². The summed E-state index contributed by atoms with van der Waals surface area (Å²) in [5.74, 6) is -0.276. The molecular formula is C18H18ClFO2. The zero-order chi connectivity index (χ0) is 15.8. The highest BCUT2D eigenvalue weighted by Crippen LogP contribution is 2.25. The molecule has 0 unspecified atom stereocenters. The summed E-state index contributed by atoms with van der Waals surface area (Å²) >= 11 is 5.37. The molecule has 116 valence electrons. The number of ether oxygens (including phenoxy) is 1. The maximum atomic E-state index is 13.1. The van der Waals surface area contributed by atoms with Gasteiger partial charge in [-0.2, -0.15) is 0 Å². The van der Waals surface area contributed by atoms with Crippen LogP contribution in [0, 0.1) is 5.82 Å². The van der Waals surface area contributed by atoms with Gasteiger partial charge >= 0.3 is 0 Å². The number of carbonyl (C=O) groups is 1. The molecule has 0 saturated heterocycles. The summed E-state index contributed by atoms with van der Waals surface area (Å²) in [5.41, 5.74) is 1.97. The Morgan fingerprint density at radius 2 is 1.77 bits per heavy atom. The molecule has 2 aromatic carbocycles. The lowest BCUT2D eigenvalue weighted by atomic mass is 10.0. The van der Waals surface area contributed by atoms with Crippen molar-refractivity contribution >= 4 is 16.8 Å². The molecule has 0 heterocycles. The highest BCUT2D eigenvalue weighted by molar-refractivity contribution is 6.63. The zero-order valence-electron chi connectivity index (χ0n) is 12.2. The minimum absolute atomic E-state index is 0.183. The van der Waals surface area contributed by atoms with Gasteiger partial charge < -0.3 is 4.74 Å². The van der Waals surface area contributed by atoms with E-state index in [1.165, 1.54) is 12.1 Å². The number of benzene rings is 2. The minimum Gasteiger partial charge on any atom is -0.369 e. The summed E-state index contributed by atoms with van der Waals surface area (Å²) < 4.78 is 19.0. The molecule has 0 spiro atoms. The normalized spacial score (nSPS) is 12.1. The lowest BCUT2D eigenvalue weighted by molar-refractivity contribution is -0.111. The Kier molecular flexibility index (Phi) is 6.56. The van der Waals surface area contributed by atoms with Crippen LogP contribution in [0.5, 0.6) is 0 Å². The van der Waals surface area contributed by atoms with E-state index in [1.807, 2.05) is 30.3 Å². The van der Waals surface area contributed by atoms with E-state index in [0.717, 1.165) is 11.1 Å². The second-order valence-electron chi connectivity index (χ2n) is 5.08. The van der Waals surface area contributed by atoms with Crippen LogP contribution in [0.1, 0.15) is 36.5 Å². The predicted octanol–water partition coefficient (Wildman–Crippen LogP) is 5.02. The molecule has 0 aliphatic rings. The molecule has 0 bridgehead atoms. The molecule has 4 heteroatoms. The van der Waals surface area contributed by atoms with Gasteiger partial charge in [0.15, 0.2) is 0 Å². The van der Waals surface area contributed by atoms with E-state index in [0.29, 0.717) is 25.9 Å². The average molecular weight is 321 g/mol. The molecule has 2 rings (SSSR count). The number of rotatable bonds is 8. The summed E-state index contributed by atoms with van der Waals surface area (Å²) in [6, 6.07) is 16.1. The molecule has 0 aromatic heterocycles. The quantitative estimate of drug-likeness (QED) is 0.638. The van der Waals surface area contributed by atoms with Gasteiger partial charge in [-0.3, -0.25) is 4.79 Å². The third kappa shape index (κ3) is 5.58. The Morgan fingerprint density at radius 1 is 1.09 bits per heavy atom. The average Bonchev–Trinajstić information content (AvgIpc) is 2.52. The molecule has 0 aliphatic carbocycles. The van der Waals surface area contributed by atoms with Crippen LogP contribution in [-0.4, -0.2) is 5.24 Å². The van der Waals surface area contributed by atoms with Gasteiger partial charge in [-0.05, 0) is 47.7 Å². The molecule has 0 aliphatic heterocycles. The summed E-state index contributed by atoms with van der Waals surface area (Å²) in [6.45, 7) is 0.470. The third-order valence-corrected chi connectivity index (χ3v) is 3.56. The van der Waals surface area contributed by atoms with Crippen molar-refractivity contribution in [1.29, 1.82) is 0 Å². The third-order valence-electron chi connectivity index (χ3n) is 3.38. The van der Waals surface area contributed by atoms with Gasteiger partial charge in [0, 0.05) is 6.42 Å². The van der Waals surface area contributed by atoms with Gasteiger partial charge in [0.05, 0.1) is 12.7 Å². The first-order valence-corrected chi connectivity index (χ1v) is 7.62. The van der Waals surface area contributed by atoms with E-state index in [-0.39, 0.29) is 17.2 Å². The maximum Gasteiger partial charge on any atom is 0.221 e. The van der Waals surface area contributed by atoms with Crippen LogP contribution in [0.3, 0.4) is 0 Å².